The van der Waals surface area contributed by atoms with E-state index in [-0.39, 0.29) is 35.4 Å². The maximum Gasteiger partial charge on any atom is 0.238 e. The Labute approximate surface area is 261 Å². The number of nitrogens with zero attached hydrogens (tertiary/aromatic N) is 2. The van der Waals surface area contributed by atoms with Crippen molar-refractivity contribution in [2.45, 2.75) is 73.4 Å². The highest BCUT2D eigenvalue weighted by Gasteiger charge is 2.78. The van der Waals surface area contributed by atoms with Crippen molar-refractivity contribution in [3.05, 3.63) is 75.7 Å². The maximum absolute atomic E-state index is 16.0. The summed E-state index contributed by atoms with van der Waals surface area (Å²) in [5.41, 5.74) is -3.21. The molecule has 1 aromatic heterocycles. The number of alkyl halides is 2. The molecule has 3 aromatic rings. The van der Waals surface area contributed by atoms with Crippen LogP contribution in [-0.2, 0) is 15.0 Å². The number of carbonyl (C=O) groups is 2. The summed E-state index contributed by atoms with van der Waals surface area (Å²) in [4.78, 5) is 28.6. The summed E-state index contributed by atoms with van der Waals surface area (Å²) in [5, 5.41) is 17.4. The largest absolute Gasteiger partial charge is 0.428 e. The van der Waals surface area contributed by atoms with Gasteiger partial charge < -0.3 is 15.1 Å². The number of fused-ring (bicyclic) bond motifs is 3. The molecule has 0 unspecified atom stereocenters. The Kier molecular flexibility index (Phi) is 7.21. The Morgan fingerprint density at radius 2 is 1.84 bits per heavy atom. The zero-order chi connectivity index (χ0) is 30.9. The molecule has 232 valence electrons. The molecule has 3 N–H and O–H groups in total. The zero-order valence-electron chi connectivity index (χ0n) is 23.5. The first kappa shape index (κ1) is 29.6. The Morgan fingerprint density at radius 3 is 2.52 bits per heavy atom. The quantitative estimate of drug-likeness (QED) is 0.314. The SMILES string of the molecule is O=C(NC1CCC(c2nnco2)CC1)[C@@H]1NC2(CC(CF)(CF)C2)[C@@]2(C(=O)Nc3cc(Cl)ccc32)[C@H]1c1cccc(Cl)c1F. The van der Waals surface area contributed by atoms with Gasteiger partial charge in [0, 0.05) is 39.5 Å². The van der Waals surface area contributed by atoms with Crippen molar-refractivity contribution in [2.75, 3.05) is 18.7 Å². The fraction of sp³-hybridized carbons (Fsp3) is 0.484. The van der Waals surface area contributed by atoms with E-state index in [9.17, 15) is 18.4 Å². The Balaban J connectivity index is 1.31. The molecule has 13 heteroatoms. The number of halogens is 5. The van der Waals surface area contributed by atoms with Crippen LogP contribution >= 0.6 is 23.2 Å². The molecular formula is C31H30Cl2F3N5O3. The van der Waals surface area contributed by atoms with Crippen molar-refractivity contribution >= 4 is 40.7 Å². The van der Waals surface area contributed by atoms with Gasteiger partial charge in [-0.2, -0.15) is 0 Å². The number of carbonyl (C=O) groups excluding carboxylic acids is 2. The molecule has 7 rings (SSSR count). The number of benzene rings is 2. The predicted molar refractivity (Wildman–Crippen MR) is 157 cm³/mol. The molecule has 0 radical (unpaired) electrons. The van der Waals surface area contributed by atoms with Crippen molar-refractivity contribution < 1.29 is 27.2 Å². The van der Waals surface area contributed by atoms with Crippen LogP contribution in [0.2, 0.25) is 10.0 Å². The smallest absolute Gasteiger partial charge is 0.238 e. The molecule has 2 saturated carbocycles. The number of amides is 2. The first-order valence-electron chi connectivity index (χ1n) is 14.7. The number of aromatic nitrogens is 2. The van der Waals surface area contributed by atoms with Crippen molar-refractivity contribution in [1.29, 1.82) is 0 Å². The predicted octanol–water partition coefficient (Wildman–Crippen LogP) is 5.76. The molecule has 2 aromatic carbocycles. The molecule has 1 saturated heterocycles. The topological polar surface area (TPSA) is 109 Å². The van der Waals surface area contributed by atoms with Crippen molar-refractivity contribution in [3.63, 3.8) is 0 Å². The van der Waals surface area contributed by atoms with Gasteiger partial charge in [0.2, 0.25) is 24.1 Å². The highest BCUT2D eigenvalue weighted by atomic mass is 35.5. The Morgan fingerprint density at radius 1 is 1.09 bits per heavy atom. The van der Waals surface area contributed by atoms with Crippen LogP contribution in [0.25, 0.3) is 0 Å². The van der Waals surface area contributed by atoms with E-state index in [4.69, 9.17) is 27.6 Å². The second-order valence-corrected chi connectivity index (χ2v) is 13.6. The fourth-order valence-electron chi connectivity index (χ4n) is 8.49. The maximum atomic E-state index is 16.0. The lowest BCUT2D eigenvalue weighted by atomic mass is 9.46. The summed E-state index contributed by atoms with van der Waals surface area (Å²) in [5.74, 6) is -2.13. The molecule has 44 heavy (non-hydrogen) atoms. The highest BCUT2D eigenvalue weighted by Crippen LogP contribution is 2.68. The van der Waals surface area contributed by atoms with Gasteiger partial charge in [-0.1, -0.05) is 41.4 Å². The van der Waals surface area contributed by atoms with Crippen LogP contribution in [0, 0.1) is 11.2 Å². The van der Waals surface area contributed by atoms with E-state index in [1.54, 1.807) is 24.3 Å². The summed E-state index contributed by atoms with van der Waals surface area (Å²) in [6, 6.07) is 8.05. The fourth-order valence-corrected chi connectivity index (χ4v) is 8.85. The van der Waals surface area contributed by atoms with Crippen LogP contribution in [0.3, 0.4) is 0 Å². The lowest BCUT2D eigenvalue weighted by Gasteiger charge is -2.59. The van der Waals surface area contributed by atoms with Crippen LogP contribution in [0.1, 0.15) is 67.4 Å². The van der Waals surface area contributed by atoms with E-state index >= 15 is 4.39 Å². The van der Waals surface area contributed by atoms with Gasteiger partial charge in [0.1, 0.15) is 11.2 Å². The van der Waals surface area contributed by atoms with E-state index in [0.29, 0.717) is 35.0 Å². The summed E-state index contributed by atoms with van der Waals surface area (Å²) >= 11 is 12.5. The standard InChI is InChI=1S/C31H30Cl2F3N5O3/c32-17-6-9-20-22(10-17)39-28(43)31(20)23(19-2-1-3-21(33)24(19)36)25(40-30(31)11-29(12-30,13-34)14-35)26(42)38-18-7-4-16(5-8-18)27-41-37-15-44-27/h1-3,6,9-10,15-16,18,23,25,40H,4-5,7-8,11-14H2,(H,38,42)(H,39,43)/t16?,18?,23-,25+,31+/m0/s1. The third-order valence-corrected chi connectivity index (χ3v) is 10.8. The molecule has 3 atom stereocenters. The lowest BCUT2D eigenvalue weighted by molar-refractivity contribution is -0.131. The third-order valence-electron chi connectivity index (χ3n) is 10.3. The van der Waals surface area contributed by atoms with Crippen molar-refractivity contribution in [2.24, 2.45) is 5.41 Å². The number of anilines is 1. The van der Waals surface area contributed by atoms with Crippen LogP contribution in [0.15, 0.2) is 47.2 Å². The summed E-state index contributed by atoms with van der Waals surface area (Å²) in [6.07, 6.45) is 3.89. The van der Waals surface area contributed by atoms with Crippen LogP contribution in [0.4, 0.5) is 18.9 Å². The second kappa shape index (κ2) is 10.7. The van der Waals surface area contributed by atoms with Crippen LogP contribution in [0.5, 0.6) is 0 Å². The van der Waals surface area contributed by atoms with E-state index in [2.05, 4.69) is 26.1 Å². The summed E-state index contributed by atoms with van der Waals surface area (Å²) in [7, 11) is 0. The van der Waals surface area contributed by atoms with Crippen LogP contribution < -0.4 is 16.0 Å². The van der Waals surface area contributed by atoms with Gasteiger partial charge in [-0.3, -0.25) is 23.7 Å². The first-order valence-corrected chi connectivity index (χ1v) is 15.4. The minimum absolute atomic E-state index is 0.0677. The minimum atomic E-state index is -1.59. The van der Waals surface area contributed by atoms with Gasteiger partial charge in [-0.05, 0) is 67.9 Å². The molecule has 8 nitrogen and oxygen atoms in total. The number of rotatable bonds is 6. The average molecular weight is 649 g/mol. The normalized spacial score (nSPS) is 29.8. The minimum Gasteiger partial charge on any atom is -0.428 e. The summed E-state index contributed by atoms with van der Waals surface area (Å²) < 4.78 is 50.0. The molecule has 2 amide bonds. The number of hydrogen-bond donors (Lipinski definition) is 3. The first-order chi connectivity index (χ1) is 21.2. The van der Waals surface area contributed by atoms with Gasteiger partial charge >= 0.3 is 0 Å². The number of hydrogen-bond acceptors (Lipinski definition) is 6. The van der Waals surface area contributed by atoms with Gasteiger partial charge in [0.05, 0.1) is 24.4 Å². The van der Waals surface area contributed by atoms with E-state index in [1.165, 1.54) is 18.5 Å². The average Bonchev–Trinajstić information content (AvgIpc) is 3.71. The lowest BCUT2D eigenvalue weighted by Crippen LogP contribution is -2.70. The molecule has 3 heterocycles. The summed E-state index contributed by atoms with van der Waals surface area (Å²) in [6.45, 7) is -1.87. The molecule has 2 aliphatic heterocycles. The van der Waals surface area contributed by atoms with Gasteiger partial charge in [-0.15, -0.1) is 10.2 Å². The van der Waals surface area contributed by atoms with Gasteiger partial charge in [0.25, 0.3) is 0 Å². The Hall–Kier alpha value is -3.15. The molecule has 0 bridgehead atoms. The van der Waals surface area contributed by atoms with E-state index in [1.807, 2.05) is 0 Å². The monoisotopic (exact) mass is 647 g/mol. The molecule has 2 aliphatic carbocycles. The third kappa shape index (κ3) is 4.22. The second-order valence-electron chi connectivity index (χ2n) is 12.7. The number of nitrogens with one attached hydrogen (secondary N) is 3. The Bertz CT molecular complexity index is 1600. The van der Waals surface area contributed by atoms with E-state index in [0.717, 1.165) is 12.8 Å². The zero-order valence-corrected chi connectivity index (χ0v) is 25.0. The molecule has 3 fully saturated rings. The van der Waals surface area contributed by atoms with Crippen LogP contribution in [-0.4, -0.2) is 53.0 Å². The molecule has 4 aliphatic rings. The van der Waals surface area contributed by atoms with Gasteiger partial charge in [0.15, 0.2) is 0 Å². The van der Waals surface area contributed by atoms with Gasteiger partial charge in [-0.25, -0.2) is 4.39 Å². The van der Waals surface area contributed by atoms with E-state index < -0.39 is 59.3 Å². The highest BCUT2D eigenvalue weighted by molar-refractivity contribution is 6.31. The molecular weight excluding hydrogens is 618 g/mol. The van der Waals surface area contributed by atoms with Crippen molar-refractivity contribution in [1.82, 2.24) is 20.8 Å². The molecule has 2 spiro atoms. The van der Waals surface area contributed by atoms with Crippen molar-refractivity contribution in [3.8, 4) is 0 Å².